The lowest BCUT2D eigenvalue weighted by Crippen LogP contribution is -2.31. The summed E-state index contributed by atoms with van der Waals surface area (Å²) in [5.41, 5.74) is 1.52. The van der Waals surface area contributed by atoms with Crippen LogP contribution in [0.4, 0.5) is 0 Å². The van der Waals surface area contributed by atoms with E-state index in [0.717, 1.165) is 11.3 Å². The lowest BCUT2D eigenvalue weighted by molar-refractivity contribution is -0.141. The van der Waals surface area contributed by atoms with Crippen LogP contribution >= 0.6 is 0 Å². The molecule has 0 saturated carbocycles. The molecule has 0 aliphatic rings. The lowest BCUT2D eigenvalue weighted by atomic mass is 10.2. The fourth-order valence-corrected chi connectivity index (χ4v) is 2.51. The van der Waals surface area contributed by atoms with E-state index in [4.69, 9.17) is 9.47 Å². The van der Waals surface area contributed by atoms with Crippen LogP contribution in [0.5, 0.6) is 11.5 Å². The van der Waals surface area contributed by atoms with Crippen LogP contribution in [0.2, 0.25) is 0 Å². The molecule has 0 fully saturated rings. The first-order chi connectivity index (χ1) is 13.6. The molecule has 0 radical (unpaired) electrons. The van der Waals surface area contributed by atoms with Crippen LogP contribution < -0.4 is 9.47 Å². The second-order valence-corrected chi connectivity index (χ2v) is 5.85. The molecule has 0 spiro atoms. The van der Waals surface area contributed by atoms with Crippen LogP contribution in [0.15, 0.2) is 48.7 Å². The van der Waals surface area contributed by atoms with Crippen molar-refractivity contribution in [1.29, 1.82) is 0 Å². The number of benzene rings is 1. The summed E-state index contributed by atoms with van der Waals surface area (Å²) in [6, 6.07) is 10.9. The van der Waals surface area contributed by atoms with E-state index in [1.54, 1.807) is 49.6 Å². The minimum atomic E-state index is -0.373. The number of ether oxygens (including phenoxy) is 3. The van der Waals surface area contributed by atoms with Crippen molar-refractivity contribution in [3.63, 3.8) is 0 Å². The number of amides is 1. The van der Waals surface area contributed by atoms with Crippen LogP contribution in [0.3, 0.4) is 0 Å². The standard InChI is InChI=1S/C21H24N2O5/c1-26-18-9-7-16(14-19(18)27-2)8-10-20(24)23(13-11-21(25)28-3)15-17-6-4-5-12-22-17/h4-10,12,14H,11,13,15H2,1-3H3/b10-8+. The minimum Gasteiger partial charge on any atom is -0.493 e. The van der Waals surface area contributed by atoms with Gasteiger partial charge in [0.05, 0.1) is 40.0 Å². The minimum absolute atomic E-state index is 0.110. The monoisotopic (exact) mass is 384 g/mol. The average Bonchev–Trinajstić information content (AvgIpc) is 2.74. The molecule has 0 aliphatic heterocycles. The molecule has 1 aromatic carbocycles. The molecule has 0 saturated heterocycles. The fraction of sp³-hybridized carbons (Fsp3) is 0.286. The molecule has 2 rings (SSSR count). The molecule has 7 heteroatoms. The number of carbonyl (C=O) groups excluding carboxylic acids is 2. The van der Waals surface area contributed by atoms with Crippen LogP contribution in [0.1, 0.15) is 17.7 Å². The maximum atomic E-state index is 12.7. The smallest absolute Gasteiger partial charge is 0.307 e. The molecule has 1 aromatic heterocycles. The van der Waals surface area contributed by atoms with Gasteiger partial charge in [-0.1, -0.05) is 12.1 Å². The van der Waals surface area contributed by atoms with Crippen LogP contribution in [-0.2, 0) is 20.9 Å². The van der Waals surface area contributed by atoms with Gasteiger partial charge in [-0.3, -0.25) is 14.6 Å². The number of carbonyl (C=O) groups is 2. The van der Waals surface area contributed by atoms with E-state index in [1.165, 1.54) is 13.2 Å². The van der Waals surface area contributed by atoms with Crippen LogP contribution in [0, 0.1) is 0 Å². The van der Waals surface area contributed by atoms with E-state index < -0.39 is 0 Å². The van der Waals surface area contributed by atoms with E-state index in [9.17, 15) is 9.59 Å². The number of nitrogens with zero attached hydrogens (tertiary/aromatic N) is 2. The molecular weight excluding hydrogens is 360 g/mol. The summed E-state index contributed by atoms with van der Waals surface area (Å²) in [6.07, 6.45) is 4.92. The number of hydrogen-bond donors (Lipinski definition) is 0. The van der Waals surface area contributed by atoms with Gasteiger partial charge in [-0.25, -0.2) is 0 Å². The normalized spacial score (nSPS) is 10.5. The number of methoxy groups -OCH3 is 3. The van der Waals surface area contributed by atoms with Crippen molar-refractivity contribution in [2.24, 2.45) is 0 Å². The van der Waals surface area contributed by atoms with Gasteiger partial charge in [0, 0.05) is 18.8 Å². The topological polar surface area (TPSA) is 78.0 Å². The Bertz CT molecular complexity index is 821. The van der Waals surface area contributed by atoms with Crippen molar-refractivity contribution in [1.82, 2.24) is 9.88 Å². The van der Waals surface area contributed by atoms with Crippen LogP contribution in [0.25, 0.3) is 6.08 Å². The van der Waals surface area contributed by atoms with Gasteiger partial charge < -0.3 is 19.1 Å². The quantitative estimate of drug-likeness (QED) is 0.489. The number of esters is 1. The molecule has 0 aliphatic carbocycles. The summed E-state index contributed by atoms with van der Waals surface area (Å²) in [6.45, 7) is 0.533. The van der Waals surface area contributed by atoms with Crippen molar-refractivity contribution < 1.29 is 23.8 Å². The van der Waals surface area contributed by atoms with E-state index in [-0.39, 0.29) is 24.8 Å². The van der Waals surface area contributed by atoms with E-state index >= 15 is 0 Å². The number of rotatable bonds is 9. The van der Waals surface area contributed by atoms with Crippen molar-refractivity contribution in [3.05, 3.63) is 59.9 Å². The van der Waals surface area contributed by atoms with Gasteiger partial charge in [-0.05, 0) is 35.9 Å². The van der Waals surface area contributed by atoms with Crippen LogP contribution in [-0.4, -0.2) is 49.6 Å². The van der Waals surface area contributed by atoms with E-state index in [0.29, 0.717) is 18.0 Å². The Labute approximate surface area is 164 Å². The maximum absolute atomic E-state index is 12.7. The van der Waals surface area contributed by atoms with Gasteiger partial charge in [-0.15, -0.1) is 0 Å². The Morgan fingerprint density at radius 2 is 1.86 bits per heavy atom. The molecule has 1 heterocycles. The van der Waals surface area contributed by atoms with E-state index in [2.05, 4.69) is 9.72 Å². The molecule has 0 unspecified atom stereocenters. The van der Waals surface area contributed by atoms with Gasteiger partial charge in [0.2, 0.25) is 5.91 Å². The Morgan fingerprint density at radius 1 is 1.07 bits per heavy atom. The van der Waals surface area contributed by atoms with Crippen molar-refractivity contribution in [2.45, 2.75) is 13.0 Å². The predicted molar refractivity (Wildman–Crippen MR) is 105 cm³/mol. The largest absolute Gasteiger partial charge is 0.493 e. The first-order valence-electron chi connectivity index (χ1n) is 8.73. The highest BCUT2D eigenvalue weighted by atomic mass is 16.5. The molecule has 2 aromatic rings. The fourth-order valence-electron chi connectivity index (χ4n) is 2.51. The molecule has 1 amide bonds. The SMILES string of the molecule is COC(=O)CCN(Cc1ccccn1)C(=O)/C=C/c1ccc(OC)c(OC)c1. The van der Waals surface area contributed by atoms with Crippen molar-refractivity contribution in [2.75, 3.05) is 27.9 Å². The second kappa shape index (κ2) is 10.7. The Kier molecular flexibility index (Phi) is 8.02. The van der Waals surface area contributed by atoms with Gasteiger partial charge in [0.25, 0.3) is 0 Å². The Morgan fingerprint density at radius 3 is 2.50 bits per heavy atom. The van der Waals surface area contributed by atoms with Crippen molar-refractivity contribution in [3.8, 4) is 11.5 Å². The van der Waals surface area contributed by atoms with Gasteiger partial charge in [0.15, 0.2) is 11.5 Å². The zero-order valence-corrected chi connectivity index (χ0v) is 16.3. The number of aromatic nitrogens is 1. The zero-order valence-electron chi connectivity index (χ0n) is 16.3. The summed E-state index contributed by atoms with van der Waals surface area (Å²) in [5.74, 6) is 0.584. The summed E-state index contributed by atoms with van der Waals surface area (Å²) in [5, 5.41) is 0. The lowest BCUT2D eigenvalue weighted by Gasteiger charge is -2.20. The highest BCUT2D eigenvalue weighted by Crippen LogP contribution is 2.28. The third-order valence-corrected chi connectivity index (χ3v) is 4.03. The highest BCUT2D eigenvalue weighted by Gasteiger charge is 2.14. The summed E-state index contributed by atoms with van der Waals surface area (Å²) in [7, 11) is 4.44. The molecule has 7 nitrogen and oxygen atoms in total. The molecule has 148 valence electrons. The zero-order chi connectivity index (χ0) is 20.4. The number of hydrogen-bond acceptors (Lipinski definition) is 6. The Balaban J connectivity index is 2.14. The summed E-state index contributed by atoms with van der Waals surface area (Å²) in [4.78, 5) is 30.0. The van der Waals surface area contributed by atoms with Gasteiger partial charge >= 0.3 is 5.97 Å². The average molecular weight is 384 g/mol. The van der Waals surface area contributed by atoms with Gasteiger partial charge in [0.1, 0.15) is 0 Å². The third kappa shape index (κ3) is 6.12. The number of pyridine rings is 1. The third-order valence-electron chi connectivity index (χ3n) is 4.03. The predicted octanol–water partition coefficient (Wildman–Crippen LogP) is 2.70. The van der Waals surface area contributed by atoms with Crippen molar-refractivity contribution >= 4 is 18.0 Å². The Hall–Kier alpha value is -3.35. The highest BCUT2D eigenvalue weighted by molar-refractivity contribution is 5.92. The molecule has 0 N–H and O–H groups in total. The molecule has 28 heavy (non-hydrogen) atoms. The first-order valence-corrected chi connectivity index (χ1v) is 8.73. The molecule has 0 atom stereocenters. The first kappa shape index (κ1) is 21.0. The summed E-state index contributed by atoms with van der Waals surface area (Å²) < 4.78 is 15.2. The van der Waals surface area contributed by atoms with E-state index in [1.807, 2.05) is 18.2 Å². The maximum Gasteiger partial charge on any atom is 0.307 e. The second-order valence-electron chi connectivity index (χ2n) is 5.85. The summed E-state index contributed by atoms with van der Waals surface area (Å²) >= 11 is 0. The molecule has 0 bridgehead atoms. The molecular formula is C21H24N2O5. The van der Waals surface area contributed by atoms with Gasteiger partial charge in [-0.2, -0.15) is 0 Å².